The number of hydrogen-bond donors (Lipinski definition) is 1. The molecule has 2 aromatic rings. The van der Waals surface area contributed by atoms with E-state index in [1.54, 1.807) is 17.0 Å². The highest BCUT2D eigenvalue weighted by Crippen LogP contribution is 2.37. The van der Waals surface area contributed by atoms with Crippen molar-refractivity contribution in [3.05, 3.63) is 58.1 Å². The number of fused-ring (bicyclic) bond motifs is 1. The van der Waals surface area contributed by atoms with Crippen molar-refractivity contribution >= 4 is 37.5 Å². The minimum absolute atomic E-state index is 0.0263. The average Bonchev–Trinajstić information content (AvgIpc) is 2.89. The molecule has 0 saturated carbocycles. The average molecular weight is 437 g/mol. The molecule has 1 atom stereocenters. The highest BCUT2D eigenvalue weighted by molar-refractivity contribution is 9.10. The lowest BCUT2D eigenvalue weighted by atomic mass is 10.1. The van der Waals surface area contributed by atoms with Crippen LogP contribution in [0.1, 0.15) is 25.0 Å². The van der Waals surface area contributed by atoms with Crippen LogP contribution in [0.25, 0.3) is 0 Å². The van der Waals surface area contributed by atoms with E-state index in [0.29, 0.717) is 23.1 Å². The van der Waals surface area contributed by atoms with Gasteiger partial charge in [-0.2, -0.15) is 0 Å². The van der Waals surface area contributed by atoms with Gasteiger partial charge in [0.15, 0.2) is 0 Å². The molecule has 2 aromatic carbocycles. The van der Waals surface area contributed by atoms with Gasteiger partial charge in [-0.1, -0.05) is 30.3 Å². The predicted molar refractivity (Wildman–Crippen MR) is 106 cm³/mol. The van der Waals surface area contributed by atoms with Crippen LogP contribution in [0.4, 0.5) is 5.69 Å². The molecular weight excluding hydrogens is 416 g/mol. The Kier molecular flexibility index (Phi) is 5.50. The molecular formula is C19H21BrN2O3S. The number of halogens is 1. The molecule has 3 rings (SSSR count). The number of nitrogens with one attached hydrogen (secondary N) is 1. The van der Waals surface area contributed by atoms with Crippen LogP contribution in [0.5, 0.6) is 0 Å². The Labute approximate surface area is 162 Å². The number of carbonyl (C=O) groups is 1. The van der Waals surface area contributed by atoms with Crippen LogP contribution in [0.2, 0.25) is 0 Å². The van der Waals surface area contributed by atoms with Gasteiger partial charge in [-0.05, 0) is 59.0 Å². The predicted octanol–water partition coefficient (Wildman–Crippen LogP) is 3.27. The summed E-state index contributed by atoms with van der Waals surface area (Å²) < 4.78 is 28.7. The third kappa shape index (κ3) is 3.84. The van der Waals surface area contributed by atoms with Crippen LogP contribution >= 0.6 is 15.9 Å². The zero-order valence-electron chi connectivity index (χ0n) is 14.7. The summed E-state index contributed by atoms with van der Waals surface area (Å²) in [6, 6.07) is 13.1. The van der Waals surface area contributed by atoms with Gasteiger partial charge in [0.1, 0.15) is 0 Å². The summed E-state index contributed by atoms with van der Waals surface area (Å²) >= 11 is 3.38. The molecule has 5 nitrogen and oxygen atoms in total. The van der Waals surface area contributed by atoms with Crippen molar-refractivity contribution in [1.29, 1.82) is 0 Å². The van der Waals surface area contributed by atoms with Crippen LogP contribution in [0.3, 0.4) is 0 Å². The summed E-state index contributed by atoms with van der Waals surface area (Å²) in [6.45, 7) is 3.77. The van der Waals surface area contributed by atoms with E-state index in [1.807, 2.05) is 37.3 Å². The van der Waals surface area contributed by atoms with Gasteiger partial charge >= 0.3 is 0 Å². The lowest BCUT2D eigenvalue weighted by Gasteiger charge is -2.21. The number of sulfonamides is 1. The molecule has 0 saturated heterocycles. The van der Waals surface area contributed by atoms with Gasteiger partial charge in [0, 0.05) is 29.7 Å². The monoisotopic (exact) mass is 436 g/mol. The minimum Gasteiger partial charge on any atom is -0.309 e. The summed E-state index contributed by atoms with van der Waals surface area (Å²) in [6.07, 6.45) is 1.33. The first-order valence-electron chi connectivity index (χ1n) is 8.45. The van der Waals surface area contributed by atoms with Crippen LogP contribution in [-0.4, -0.2) is 26.9 Å². The maximum absolute atomic E-state index is 12.8. The Morgan fingerprint density at radius 1 is 1.27 bits per heavy atom. The fourth-order valence-corrected chi connectivity index (χ4v) is 5.50. The molecule has 0 aromatic heterocycles. The number of nitrogens with zero attached hydrogens (tertiary/aromatic N) is 1. The second-order valence-electron chi connectivity index (χ2n) is 6.49. The van der Waals surface area contributed by atoms with E-state index < -0.39 is 10.0 Å². The molecule has 7 heteroatoms. The molecule has 1 amide bonds. The van der Waals surface area contributed by atoms with Crippen LogP contribution < -0.4 is 9.62 Å². The molecule has 0 spiro atoms. The Morgan fingerprint density at radius 2 is 1.96 bits per heavy atom. The maximum Gasteiger partial charge on any atom is 0.241 e. The molecule has 26 heavy (non-hydrogen) atoms. The zero-order chi connectivity index (χ0) is 18.9. The van der Waals surface area contributed by atoms with Gasteiger partial charge in [0.05, 0.1) is 4.90 Å². The third-order valence-electron chi connectivity index (χ3n) is 4.53. The van der Waals surface area contributed by atoms with Gasteiger partial charge in [-0.15, -0.1) is 0 Å². The van der Waals surface area contributed by atoms with Gasteiger partial charge in [0.25, 0.3) is 0 Å². The Hall–Kier alpha value is -1.70. The van der Waals surface area contributed by atoms with E-state index in [9.17, 15) is 13.2 Å². The molecule has 1 heterocycles. The lowest BCUT2D eigenvalue weighted by molar-refractivity contribution is -0.116. The Bertz CT molecular complexity index is 929. The maximum atomic E-state index is 12.8. The van der Waals surface area contributed by atoms with Crippen molar-refractivity contribution in [3.63, 3.8) is 0 Å². The van der Waals surface area contributed by atoms with E-state index in [0.717, 1.165) is 17.5 Å². The first-order valence-corrected chi connectivity index (χ1v) is 10.7. The van der Waals surface area contributed by atoms with E-state index in [4.69, 9.17) is 0 Å². The van der Waals surface area contributed by atoms with E-state index in [-0.39, 0.29) is 16.8 Å². The quantitative estimate of drug-likeness (QED) is 0.781. The fraction of sp³-hybridized carbons (Fsp3) is 0.316. The number of amides is 1. The zero-order valence-corrected chi connectivity index (χ0v) is 17.1. The normalized spacial score (nSPS) is 16.6. The van der Waals surface area contributed by atoms with E-state index in [2.05, 4.69) is 20.7 Å². The highest BCUT2D eigenvalue weighted by Gasteiger charge is 2.31. The first-order chi connectivity index (χ1) is 12.3. The topological polar surface area (TPSA) is 66.5 Å². The van der Waals surface area contributed by atoms with Gasteiger partial charge < -0.3 is 4.90 Å². The Balaban J connectivity index is 1.83. The van der Waals surface area contributed by atoms with Crippen LogP contribution in [0, 0.1) is 0 Å². The highest BCUT2D eigenvalue weighted by atomic mass is 79.9. The first kappa shape index (κ1) is 19.1. The van der Waals surface area contributed by atoms with Crippen molar-refractivity contribution in [2.75, 3.05) is 11.4 Å². The second kappa shape index (κ2) is 7.50. The van der Waals surface area contributed by atoms with Gasteiger partial charge in [-0.25, -0.2) is 13.1 Å². The number of anilines is 1. The molecule has 138 valence electrons. The lowest BCUT2D eigenvalue weighted by Crippen LogP contribution is -2.33. The molecule has 0 radical (unpaired) electrons. The molecule has 1 N–H and O–H groups in total. The molecule has 0 bridgehead atoms. The van der Waals surface area contributed by atoms with Crippen molar-refractivity contribution in [2.45, 2.75) is 37.6 Å². The number of hydrogen-bond acceptors (Lipinski definition) is 3. The molecule has 0 fully saturated rings. The largest absolute Gasteiger partial charge is 0.309 e. The summed E-state index contributed by atoms with van der Waals surface area (Å²) in [5.41, 5.74) is 2.72. The van der Waals surface area contributed by atoms with Gasteiger partial charge in [-0.3, -0.25) is 4.79 Å². The summed E-state index contributed by atoms with van der Waals surface area (Å²) in [4.78, 5) is 13.8. The van der Waals surface area contributed by atoms with Crippen molar-refractivity contribution < 1.29 is 13.2 Å². The van der Waals surface area contributed by atoms with Crippen molar-refractivity contribution in [1.82, 2.24) is 4.72 Å². The van der Waals surface area contributed by atoms with Crippen LogP contribution in [0.15, 0.2) is 51.8 Å². The van der Waals surface area contributed by atoms with E-state index in [1.165, 1.54) is 6.92 Å². The summed E-state index contributed by atoms with van der Waals surface area (Å²) in [7, 11) is -3.68. The third-order valence-corrected chi connectivity index (χ3v) is 6.95. The smallest absolute Gasteiger partial charge is 0.241 e. The number of benzene rings is 2. The van der Waals surface area contributed by atoms with E-state index >= 15 is 0 Å². The van der Waals surface area contributed by atoms with Crippen LogP contribution in [-0.2, 0) is 27.7 Å². The number of rotatable bonds is 5. The summed E-state index contributed by atoms with van der Waals surface area (Å²) in [5, 5.41) is 0. The van der Waals surface area contributed by atoms with Crippen molar-refractivity contribution in [3.8, 4) is 0 Å². The SMILES string of the molecule is CC(=O)N1c2cc(S(=O)(=O)NCCc3ccccc3)c(Br)cc2CC1C. The molecule has 1 aliphatic rings. The fourth-order valence-electron chi connectivity index (χ4n) is 3.36. The molecule has 1 aliphatic heterocycles. The molecule has 1 unspecified atom stereocenters. The Morgan fingerprint density at radius 3 is 2.62 bits per heavy atom. The minimum atomic E-state index is -3.68. The van der Waals surface area contributed by atoms with Crippen molar-refractivity contribution in [2.24, 2.45) is 0 Å². The standard InChI is InChI=1S/C19H21BrN2O3S/c1-13-10-16-11-17(20)19(12-18(16)22(13)14(2)23)26(24,25)21-9-8-15-6-4-3-5-7-15/h3-7,11-13,21H,8-10H2,1-2H3. The molecule has 0 aliphatic carbocycles. The summed E-state index contributed by atoms with van der Waals surface area (Å²) in [5.74, 6) is -0.0843. The van der Waals surface area contributed by atoms with Gasteiger partial charge in [0.2, 0.25) is 15.9 Å². The number of carbonyl (C=O) groups excluding carboxylic acids is 1. The second-order valence-corrected chi connectivity index (χ2v) is 9.08.